The van der Waals surface area contributed by atoms with E-state index in [1.165, 1.54) is 0 Å². The van der Waals surface area contributed by atoms with Crippen molar-refractivity contribution in [1.29, 1.82) is 0 Å². The van der Waals surface area contributed by atoms with Gasteiger partial charge in [-0.2, -0.15) is 0 Å². The van der Waals surface area contributed by atoms with E-state index in [1.54, 1.807) is 4.90 Å². The fourth-order valence-electron chi connectivity index (χ4n) is 3.23. The summed E-state index contributed by atoms with van der Waals surface area (Å²) in [5.74, 6) is -0.169. The molecule has 136 valence electrons. The van der Waals surface area contributed by atoms with Crippen molar-refractivity contribution in [3.63, 3.8) is 0 Å². The third-order valence-corrected chi connectivity index (χ3v) is 4.90. The lowest BCUT2D eigenvalue weighted by Crippen LogP contribution is -2.44. The molecule has 0 radical (unpaired) electrons. The van der Waals surface area contributed by atoms with Crippen molar-refractivity contribution in [2.75, 3.05) is 16.8 Å². The molecule has 2 aromatic rings. The van der Waals surface area contributed by atoms with Crippen LogP contribution < -0.4 is 15.5 Å². The van der Waals surface area contributed by atoms with Gasteiger partial charge < -0.3 is 15.5 Å². The molecule has 2 amide bonds. The van der Waals surface area contributed by atoms with Gasteiger partial charge >= 0.3 is 0 Å². The maximum Gasteiger partial charge on any atom is 0.241 e. The molecule has 1 aliphatic heterocycles. The number of rotatable bonds is 4. The van der Waals surface area contributed by atoms with Gasteiger partial charge in [-0.15, -0.1) is 0 Å². The first-order valence-corrected chi connectivity index (χ1v) is 9.04. The van der Waals surface area contributed by atoms with Crippen LogP contribution in [-0.4, -0.2) is 24.4 Å². The van der Waals surface area contributed by atoms with Crippen molar-refractivity contribution in [2.45, 2.75) is 32.4 Å². The van der Waals surface area contributed by atoms with Crippen LogP contribution in [0, 0.1) is 0 Å². The van der Waals surface area contributed by atoms with Crippen LogP contribution >= 0.6 is 11.6 Å². The highest BCUT2D eigenvalue weighted by molar-refractivity contribution is 6.31. The molecule has 0 saturated carbocycles. The molecule has 1 heterocycles. The standard InChI is InChI=1S/C20H22ClN3O2/c1-13-11-19(25)23-17-9-5-6-10-18(17)24(13)20(26)12-22-14(2)15-7-3-4-8-16(15)21/h3-10,13-14,22H,11-12H2,1-2H3,(H,23,25)/t13-,14-/m0/s1. The van der Waals surface area contributed by atoms with Crippen molar-refractivity contribution in [3.05, 3.63) is 59.1 Å². The van der Waals surface area contributed by atoms with Gasteiger partial charge in [-0.25, -0.2) is 0 Å². The van der Waals surface area contributed by atoms with E-state index in [2.05, 4.69) is 10.6 Å². The minimum absolute atomic E-state index is 0.0649. The SMILES string of the molecule is C[C@H](NCC(=O)N1c2ccccc2NC(=O)C[C@@H]1C)c1ccccc1Cl. The summed E-state index contributed by atoms with van der Waals surface area (Å²) in [4.78, 5) is 26.7. The number of para-hydroxylation sites is 2. The largest absolute Gasteiger partial charge is 0.324 e. The Morgan fingerprint density at radius 3 is 2.73 bits per heavy atom. The fourth-order valence-corrected chi connectivity index (χ4v) is 3.53. The Balaban J connectivity index is 1.76. The Labute approximate surface area is 158 Å². The van der Waals surface area contributed by atoms with Crippen molar-refractivity contribution >= 4 is 34.8 Å². The van der Waals surface area contributed by atoms with E-state index < -0.39 is 0 Å². The van der Waals surface area contributed by atoms with Gasteiger partial charge in [0.05, 0.1) is 17.9 Å². The highest BCUT2D eigenvalue weighted by atomic mass is 35.5. The third kappa shape index (κ3) is 3.89. The molecule has 0 unspecified atom stereocenters. The first-order valence-electron chi connectivity index (χ1n) is 8.66. The number of amides is 2. The Morgan fingerprint density at radius 1 is 1.27 bits per heavy atom. The first kappa shape index (κ1) is 18.4. The molecule has 2 atom stereocenters. The van der Waals surface area contributed by atoms with Crippen LogP contribution in [0.25, 0.3) is 0 Å². The van der Waals surface area contributed by atoms with Crippen LogP contribution in [-0.2, 0) is 9.59 Å². The molecule has 1 aliphatic rings. The summed E-state index contributed by atoms with van der Waals surface area (Å²) >= 11 is 6.23. The Morgan fingerprint density at radius 2 is 1.96 bits per heavy atom. The molecule has 0 spiro atoms. The number of carbonyl (C=O) groups is 2. The molecule has 0 aromatic heterocycles. The predicted molar refractivity (Wildman–Crippen MR) is 105 cm³/mol. The first-order chi connectivity index (χ1) is 12.5. The van der Waals surface area contributed by atoms with Crippen molar-refractivity contribution in [1.82, 2.24) is 5.32 Å². The van der Waals surface area contributed by atoms with Gasteiger partial charge in [0.15, 0.2) is 0 Å². The Bertz CT molecular complexity index is 824. The normalized spacial score (nSPS) is 17.9. The van der Waals surface area contributed by atoms with Gasteiger partial charge in [-0.1, -0.05) is 41.9 Å². The molecule has 6 heteroatoms. The summed E-state index contributed by atoms with van der Waals surface area (Å²) < 4.78 is 0. The zero-order chi connectivity index (χ0) is 18.7. The van der Waals surface area contributed by atoms with E-state index in [1.807, 2.05) is 62.4 Å². The minimum Gasteiger partial charge on any atom is -0.324 e. The lowest BCUT2D eigenvalue weighted by atomic mass is 10.1. The Hall–Kier alpha value is -2.37. The lowest BCUT2D eigenvalue weighted by molar-refractivity contribution is -0.118. The lowest BCUT2D eigenvalue weighted by Gasteiger charge is -2.28. The molecular weight excluding hydrogens is 350 g/mol. The van der Waals surface area contributed by atoms with E-state index >= 15 is 0 Å². The molecule has 0 bridgehead atoms. The molecule has 2 N–H and O–H groups in total. The topological polar surface area (TPSA) is 61.4 Å². The van der Waals surface area contributed by atoms with Crippen molar-refractivity contribution < 1.29 is 9.59 Å². The number of nitrogens with zero attached hydrogens (tertiary/aromatic N) is 1. The molecule has 0 aliphatic carbocycles. The maximum absolute atomic E-state index is 12.9. The highest BCUT2D eigenvalue weighted by Gasteiger charge is 2.29. The van der Waals surface area contributed by atoms with Crippen LogP contribution in [0.3, 0.4) is 0 Å². The van der Waals surface area contributed by atoms with Crippen LogP contribution in [0.5, 0.6) is 0 Å². The fraction of sp³-hybridized carbons (Fsp3) is 0.300. The quantitative estimate of drug-likeness (QED) is 0.860. The van der Waals surface area contributed by atoms with Crippen LogP contribution in [0.1, 0.15) is 31.9 Å². The third-order valence-electron chi connectivity index (χ3n) is 4.56. The zero-order valence-corrected chi connectivity index (χ0v) is 15.6. The second-order valence-electron chi connectivity index (χ2n) is 6.51. The number of fused-ring (bicyclic) bond motifs is 1. The summed E-state index contributed by atoms with van der Waals surface area (Å²) in [6.07, 6.45) is 0.264. The van der Waals surface area contributed by atoms with E-state index in [4.69, 9.17) is 11.6 Å². The number of nitrogens with one attached hydrogen (secondary N) is 2. The van der Waals surface area contributed by atoms with Gasteiger partial charge in [0, 0.05) is 23.5 Å². The van der Waals surface area contributed by atoms with E-state index in [0.29, 0.717) is 10.7 Å². The van der Waals surface area contributed by atoms with Crippen molar-refractivity contribution in [2.24, 2.45) is 0 Å². The van der Waals surface area contributed by atoms with Gasteiger partial charge in [0.2, 0.25) is 11.8 Å². The number of hydrogen-bond donors (Lipinski definition) is 2. The number of carbonyl (C=O) groups excluding carboxylic acids is 2. The second-order valence-corrected chi connectivity index (χ2v) is 6.91. The molecule has 3 rings (SSSR count). The summed E-state index contributed by atoms with van der Waals surface area (Å²) in [7, 11) is 0. The maximum atomic E-state index is 12.9. The van der Waals surface area contributed by atoms with E-state index in [0.717, 1.165) is 11.3 Å². The number of benzene rings is 2. The van der Waals surface area contributed by atoms with E-state index in [9.17, 15) is 9.59 Å². The predicted octanol–water partition coefficient (Wildman–Crippen LogP) is 3.75. The van der Waals surface area contributed by atoms with Crippen LogP contribution in [0.2, 0.25) is 5.02 Å². The van der Waals surface area contributed by atoms with E-state index in [-0.39, 0.29) is 36.9 Å². The minimum atomic E-state index is -0.219. The molecule has 26 heavy (non-hydrogen) atoms. The van der Waals surface area contributed by atoms with Crippen molar-refractivity contribution in [3.8, 4) is 0 Å². The summed E-state index contributed by atoms with van der Waals surface area (Å²) in [6.45, 7) is 4.01. The molecule has 0 fully saturated rings. The van der Waals surface area contributed by atoms with Gasteiger partial charge in [0.1, 0.15) is 0 Å². The smallest absolute Gasteiger partial charge is 0.241 e. The number of halogens is 1. The second kappa shape index (κ2) is 7.89. The average molecular weight is 372 g/mol. The van der Waals surface area contributed by atoms with Gasteiger partial charge in [-0.3, -0.25) is 9.59 Å². The average Bonchev–Trinajstić information content (AvgIpc) is 2.74. The number of anilines is 2. The summed E-state index contributed by atoms with van der Waals surface area (Å²) in [5, 5.41) is 6.77. The Kier molecular flexibility index (Phi) is 5.59. The number of hydrogen-bond acceptors (Lipinski definition) is 3. The highest BCUT2D eigenvalue weighted by Crippen LogP contribution is 2.31. The molecular formula is C20H22ClN3O2. The van der Waals surface area contributed by atoms with Gasteiger partial charge in [0.25, 0.3) is 0 Å². The molecule has 2 aromatic carbocycles. The van der Waals surface area contributed by atoms with Crippen LogP contribution in [0.15, 0.2) is 48.5 Å². The van der Waals surface area contributed by atoms with Gasteiger partial charge in [-0.05, 0) is 37.6 Å². The monoisotopic (exact) mass is 371 g/mol. The summed E-state index contributed by atoms with van der Waals surface area (Å²) in [6, 6.07) is 14.7. The molecule has 0 saturated heterocycles. The van der Waals surface area contributed by atoms with Crippen LogP contribution in [0.4, 0.5) is 11.4 Å². The summed E-state index contributed by atoms with van der Waals surface area (Å²) in [5.41, 5.74) is 2.33. The molecule has 5 nitrogen and oxygen atoms in total. The zero-order valence-electron chi connectivity index (χ0n) is 14.8.